The first kappa shape index (κ1) is 18.7. The zero-order chi connectivity index (χ0) is 19.2. The first-order chi connectivity index (χ1) is 13.0. The molecule has 0 heterocycles. The molecule has 3 aromatic rings. The minimum absolute atomic E-state index is 0.0641. The maximum absolute atomic E-state index is 11.4. The van der Waals surface area contributed by atoms with Crippen LogP contribution in [0.3, 0.4) is 0 Å². The van der Waals surface area contributed by atoms with Gasteiger partial charge >= 0.3 is 0 Å². The van der Waals surface area contributed by atoms with Crippen molar-refractivity contribution in [1.29, 1.82) is 0 Å². The molecule has 27 heavy (non-hydrogen) atoms. The summed E-state index contributed by atoms with van der Waals surface area (Å²) in [6.45, 7) is 0. The molecule has 0 saturated heterocycles. The fraction of sp³-hybridized carbons (Fsp3) is 0. The Hall–Kier alpha value is -3.12. The fourth-order valence-corrected chi connectivity index (χ4v) is 2.54. The van der Waals surface area contributed by atoms with Gasteiger partial charge in [0.15, 0.2) is 0 Å². The fourth-order valence-electron chi connectivity index (χ4n) is 2.24. The summed E-state index contributed by atoms with van der Waals surface area (Å²) in [5, 5.41) is 11.4. The normalized spacial score (nSPS) is 9.56. The Kier molecular flexibility index (Phi) is 5.88. The molecule has 3 nitrogen and oxygen atoms in total. The minimum Gasteiger partial charge on any atom is -0.258 e. The molecule has 0 spiro atoms. The lowest BCUT2D eigenvalue weighted by atomic mass is 10.1. The van der Waals surface area contributed by atoms with Gasteiger partial charge in [-0.1, -0.05) is 23.7 Å². The van der Waals surface area contributed by atoms with Crippen LogP contribution in [0.2, 0.25) is 0 Å². The van der Waals surface area contributed by atoms with Gasteiger partial charge in [-0.25, -0.2) is 0 Å². The quantitative estimate of drug-likeness (QED) is 0.268. The van der Waals surface area contributed by atoms with E-state index in [-0.39, 0.29) is 5.69 Å². The van der Waals surface area contributed by atoms with Gasteiger partial charge in [0.2, 0.25) is 0 Å². The van der Waals surface area contributed by atoms with E-state index < -0.39 is 4.92 Å². The van der Waals surface area contributed by atoms with E-state index in [0.29, 0.717) is 11.1 Å². The molecular formula is C22H13NO2S2. The smallest absolute Gasteiger partial charge is 0.258 e. The Morgan fingerprint density at radius 1 is 0.667 bits per heavy atom. The lowest BCUT2D eigenvalue weighted by Crippen LogP contribution is -1.93. The highest BCUT2D eigenvalue weighted by Crippen LogP contribution is 2.19. The Labute approximate surface area is 168 Å². The van der Waals surface area contributed by atoms with Gasteiger partial charge in [0, 0.05) is 32.5 Å². The molecule has 130 valence electrons. The molecule has 0 saturated carbocycles. The van der Waals surface area contributed by atoms with Gasteiger partial charge < -0.3 is 0 Å². The molecule has 0 aromatic heterocycles. The van der Waals surface area contributed by atoms with Gasteiger partial charge in [0.25, 0.3) is 5.69 Å². The number of nitrogens with zero attached hydrogens (tertiary/aromatic N) is 1. The average Bonchev–Trinajstić information content (AvgIpc) is 2.67. The summed E-state index contributed by atoms with van der Waals surface area (Å²) in [7, 11) is 0. The lowest BCUT2D eigenvalue weighted by molar-refractivity contribution is -0.385. The zero-order valence-electron chi connectivity index (χ0n) is 14.0. The van der Waals surface area contributed by atoms with Crippen molar-refractivity contribution in [2.24, 2.45) is 0 Å². The highest BCUT2D eigenvalue weighted by atomic mass is 32.1. The van der Waals surface area contributed by atoms with Crippen molar-refractivity contribution in [3.8, 4) is 23.7 Å². The summed E-state index contributed by atoms with van der Waals surface area (Å²) in [5.41, 5.74) is 2.41. The molecule has 0 aliphatic heterocycles. The zero-order valence-corrected chi connectivity index (χ0v) is 15.8. The van der Waals surface area contributed by atoms with E-state index >= 15 is 0 Å². The number of benzene rings is 3. The second-order valence-electron chi connectivity index (χ2n) is 5.58. The van der Waals surface area contributed by atoms with Gasteiger partial charge in [0.05, 0.1) is 4.92 Å². The van der Waals surface area contributed by atoms with E-state index in [9.17, 15) is 10.1 Å². The molecular weight excluding hydrogens is 374 g/mol. The Bertz CT molecular complexity index is 1110. The third-order valence-electron chi connectivity index (χ3n) is 3.62. The third-order valence-corrected chi connectivity index (χ3v) is 4.22. The standard InChI is InChI=1S/C22H13NO2S2/c24-23(25)22-15-18(2-1-16-5-11-20(26)12-6-16)4-10-19(22)9-3-17-7-13-21(27)14-8-17/h4-8,10-15,26-27H. The minimum atomic E-state index is -0.443. The summed E-state index contributed by atoms with van der Waals surface area (Å²) in [6, 6.07) is 19.4. The van der Waals surface area contributed by atoms with E-state index in [4.69, 9.17) is 0 Å². The van der Waals surface area contributed by atoms with E-state index in [1.165, 1.54) is 6.07 Å². The summed E-state index contributed by atoms with van der Waals surface area (Å²) in [5.74, 6) is 11.7. The third kappa shape index (κ3) is 5.18. The van der Waals surface area contributed by atoms with Crippen molar-refractivity contribution in [1.82, 2.24) is 0 Å². The van der Waals surface area contributed by atoms with Crippen molar-refractivity contribution in [2.75, 3.05) is 0 Å². The van der Waals surface area contributed by atoms with Gasteiger partial charge in [-0.05, 0) is 60.7 Å². The van der Waals surface area contributed by atoms with Crippen LogP contribution in [-0.4, -0.2) is 4.92 Å². The van der Waals surface area contributed by atoms with Crippen LogP contribution in [-0.2, 0) is 0 Å². The van der Waals surface area contributed by atoms with Crippen molar-refractivity contribution in [2.45, 2.75) is 9.79 Å². The van der Waals surface area contributed by atoms with Gasteiger partial charge in [-0.3, -0.25) is 10.1 Å². The molecule has 0 N–H and O–H groups in total. The monoisotopic (exact) mass is 387 g/mol. The Morgan fingerprint density at radius 3 is 1.63 bits per heavy atom. The van der Waals surface area contributed by atoms with Crippen LogP contribution in [0.4, 0.5) is 5.69 Å². The molecule has 5 heteroatoms. The Morgan fingerprint density at radius 2 is 1.11 bits per heavy atom. The topological polar surface area (TPSA) is 43.1 Å². The summed E-state index contributed by atoms with van der Waals surface area (Å²) >= 11 is 8.45. The molecule has 0 aliphatic rings. The lowest BCUT2D eigenvalue weighted by Gasteiger charge is -1.97. The van der Waals surface area contributed by atoms with Crippen molar-refractivity contribution >= 4 is 30.9 Å². The largest absolute Gasteiger partial charge is 0.286 e. The number of thiol groups is 2. The van der Waals surface area contributed by atoms with Crippen LogP contribution in [0.15, 0.2) is 76.5 Å². The number of nitro benzene ring substituents is 1. The first-order valence-electron chi connectivity index (χ1n) is 7.92. The molecule has 3 rings (SSSR count). The average molecular weight is 387 g/mol. The molecule has 0 aliphatic carbocycles. The number of hydrogen-bond donors (Lipinski definition) is 2. The summed E-state index contributed by atoms with van der Waals surface area (Å²) in [4.78, 5) is 12.7. The van der Waals surface area contributed by atoms with Crippen LogP contribution in [0, 0.1) is 33.8 Å². The van der Waals surface area contributed by atoms with E-state index in [1.54, 1.807) is 12.1 Å². The molecule has 0 bridgehead atoms. The van der Waals surface area contributed by atoms with Gasteiger partial charge in [-0.15, -0.1) is 25.3 Å². The molecule has 0 amide bonds. The molecule has 0 radical (unpaired) electrons. The second-order valence-corrected chi connectivity index (χ2v) is 6.62. The van der Waals surface area contributed by atoms with Crippen LogP contribution in [0.25, 0.3) is 0 Å². The van der Waals surface area contributed by atoms with Crippen molar-refractivity contribution < 1.29 is 4.92 Å². The maximum Gasteiger partial charge on any atom is 0.286 e. The highest BCUT2D eigenvalue weighted by molar-refractivity contribution is 7.80. The Balaban J connectivity index is 1.91. The molecule has 0 atom stereocenters. The number of nitro groups is 1. The molecule has 0 unspecified atom stereocenters. The van der Waals surface area contributed by atoms with Crippen LogP contribution in [0.1, 0.15) is 22.3 Å². The predicted molar refractivity (Wildman–Crippen MR) is 112 cm³/mol. The van der Waals surface area contributed by atoms with E-state index in [0.717, 1.165) is 20.9 Å². The summed E-state index contributed by atoms with van der Waals surface area (Å²) < 4.78 is 0. The first-order valence-corrected chi connectivity index (χ1v) is 8.81. The van der Waals surface area contributed by atoms with Crippen molar-refractivity contribution in [3.05, 3.63) is 99.1 Å². The maximum atomic E-state index is 11.4. The predicted octanol–water partition coefficient (Wildman–Crippen LogP) is 4.97. The second kappa shape index (κ2) is 8.51. The van der Waals surface area contributed by atoms with Crippen LogP contribution < -0.4 is 0 Å². The number of hydrogen-bond acceptors (Lipinski definition) is 4. The summed E-state index contributed by atoms with van der Waals surface area (Å²) in [6.07, 6.45) is 0. The molecule has 3 aromatic carbocycles. The van der Waals surface area contributed by atoms with Crippen LogP contribution >= 0.6 is 25.3 Å². The number of rotatable bonds is 1. The van der Waals surface area contributed by atoms with Crippen molar-refractivity contribution in [3.63, 3.8) is 0 Å². The molecule has 0 fully saturated rings. The highest BCUT2D eigenvalue weighted by Gasteiger charge is 2.12. The van der Waals surface area contributed by atoms with E-state index in [1.807, 2.05) is 48.5 Å². The van der Waals surface area contributed by atoms with E-state index in [2.05, 4.69) is 48.9 Å². The van der Waals surface area contributed by atoms with Crippen LogP contribution in [0.5, 0.6) is 0 Å². The SMILES string of the molecule is O=[N+]([O-])c1cc(C#Cc2ccc(S)cc2)ccc1C#Cc1ccc(S)cc1. The van der Waals surface area contributed by atoms with Gasteiger partial charge in [-0.2, -0.15) is 0 Å². The van der Waals surface area contributed by atoms with Gasteiger partial charge in [0.1, 0.15) is 5.56 Å².